The number of nitro benzene ring substituents is 1. The van der Waals surface area contributed by atoms with Gasteiger partial charge in [-0.3, -0.25) is 19.7 Å². The summed E-state index contributed by atoms with van der Waals surface area (Å²) in [6.07, 6.45) is 0. The number of aliphatic carboxylic acids is 1. The maximum Gasteiger partial charge on any atom is 0.308 e. The zero-order chi connectivity index (χ0) is 13.7. The third-order valence-corrected chi connectivity index (χ3v) is 2.34. The van der Waals surface area contributed by atoms with Crippen LogP contribution in [0.4, 0.5) is 5.69 Å². The van der Waals surface area contributed by atoms with Gasteiger partial charge in [-0.2, -0.15) is 0 Å². The van der Waals surface area contributed by atoms with Gasteiger partial charge in [-0.05, 0) is 6.07 Å². The Morgan fingerprint density at radius 1 is 1.44 bits per heavy atom. The number of nitrogens with one attached hydrogen (secondary N) is 1. The molecule has 1 aromatic rings. The van der Waals surface area contributed by atoms with Crippen LogP contribution in [0.25, 0.3) is 0 Å². The van der Waals surface area contributed by atoms with Crippen molar-refractivity contribution >= 4 is 17.6 Å². The lowest BCUT2D eigenvalue weighted by Gasteiger charge is -2.08. The zero-order valence-corrected chi connectivity index (χ0v) is 9.62. The number of nitro groups is 1. The van der Waals surface area contributed by atoms with Gasteiger partial charge < -0.3 is 10.4 Å². The minimum atomic E-state index is -1.04. The molecule has 1 aromatic carbocycles. The Morgan fingerprint density at radius 2 is 2.06 bits per heavy atom. The molecule has 2 N–H and O–H groups in total. The lowest BCUT2D eigenvalue weighted by Crippen LogP contribution is -2.31. The molecular formula is C11H12N2O5. The molecule has 1 rings (SSSR count). The number of carboxylic acid groups (broad SMARTS) is 1. The monoisotopic (exact) mass is 252 g/mol. The second kappa shape index (κ2) is 5.76. The molecule has 7 nitrogen and oxygen atoms in total. The molecule has 0 aliphatic carbocycles. The number of hydrogen-bond donors (Lipinski definition) is 2. The minimum Gasteiger partial charge on any atom is -0.481 e. The van der Waals surface area contributed by atoms with E-state index >= 15 is 0 Å². The molecule has 0 bridgehead atoms. The third kappa shape index (κ3) is 3.27. The number of benzene rings is 1. The van der Waals surface area contributed by atoms with Crippen molar-refractivity contribution in [2.45, 2.75) is 6.92 Å². The van der Waals surface area contributed by atoms with Crippen LogP contribution >= 0.6 is 0 Å². The average Bonchev–Trinajstić information content (AvgIpc) is 2.35. The van der Waals surface area contributed by atoms with Crippen LogP contribution in [-0.2, 0) is 4.79 Å². The fourth-order valence-electron chi connectivity index (χ4n) is 1.25. The van der Waals surface area contributed by atoms with Crippen molar-refractivity contribution in [3.63, 3.8) is 0 Å². The fraction of sp³-hybridized carbons (Fsp3) is 0.273. The fourth-order valence-corrected chi connectivity index (χ4v) is 1.25. The standard InChI is InChI=1S/C11H12N2O5/c1-7(11(15)16)6-12-10(14)8-4-2-3-5-9(8)13(17)18/h2-5,7H,6H2,1H3,(H,12,14)(H,15,16). The second-order valence-corrected chi connectivity index (χ2v) is 3.72. The van der Waals surface area contributed by atoms with Crippen LogP contribution in [0.1, 0.15) is 17.3 Å². The van der Waals surface area contributed by atoms with E-state index in [1.165, 1.54) is 31.2 Å². The molecule has 96 valence electrons. The topological polar surface area (TPSA) is 110 Å². The van der Waals surface area contributed by atoms with Gasteiger partial charge in [0.05, 0.1) is 10.8 Å². The van der Waals surface area contributed by atoms with Gasteiger partial charge in [0, 0.05) is 12.6 Å². The smallest absolute Gasteiger partial charge is 0.308 e. The number of carbonyl (C=O) groups excluding carboxylic acids is 1. The van der Waals surface area contributed by atoms with Gasteiger partial charge in [-0.25, -0.2) is 0 Å². The molecule has 7 heteroatoms. The van der Waals surface area contributed by atoms with E-state index in [0.717, 1.165) is 0 Å². The number of carbonyl (C=O) groups is 2. The average molecular weight is 252 g/mol. The van der Waals surface area contributed by atoms with Crippen molar-refractivity contribution in [3.8, 4) is 0 Å². The Kier molecular flexibility index (Phi) is 4.36. The summed E-state index contributed by atoms with van der Waals surface area (Å²) in [5.74, 6) is -2.45. The summed E-state index contributed by atoms with van der Waals surface area (Å²) >= 11 is 0. The highest BCUT2D eigenvalue weighted by molar-refractivity contribution is 5.98. The third-order valence-electron chi connectivity index (χ3n) is 2.34. The zero-order valence-electron chi connectivity index (χ0n) is 9.62. The molecule has 0 saturated carbocycles. The summed E-state index contributed by atoms with van der Waals surface area (Å²) in [6.45, 7) is 1.35. The van der Waals surface area contributed by atoms with Gasteiger partial charge in [0.1, 0.15) is 5.56 Å². The Bertz CT molecular complexity index is 486. The molecule has 0 heterocycles. The van der Waals surface area contributed by atoms with Crippen LogP contribution in [0.5, 0.6) is 0 Å². The normalized spacial score (nSPS) is 11.6. The Hall–Kier alpha value is -2.44. The first-order chi connectivity index (χ1) is 8.43. The predicted octanol–water partition coefficient (Wildman–Crippen LogP) is 1.05. The van der Waals surface area contributed by atoms with Crippen LogP contribution in [0.3, 0.4) is 0 Å². The molecule has 0 saturated heterocycles. The Balaban J connectivity index is 2.79. The van der Waals surface area contributed by atoms with Gasteiger partial charge in [0.15, 0.2) is 0 Å². The molecule has 0 aliphatic rings. The first kappa shape index (κ1) is 13.6. The molecule has 18 heavy (non-hydrogen) atoms. The summed E-state index contributed by atoms with van der Waals surface area (Å²) in [7, 11) is 0. The highest BCUT2D eigenvalue weighted by Crippen LogP contribution is 2.17. The summed E-state index contributed by atoms with van der Waals surface area (Å²) in [4.78, 5) is 32.3. The molecule has 0 radical (unpaired) electrons. The highest BCUT2D eigenvalue weighted by atomic mass is 16.6. The van der Waals surface area contributed by atoms with Crippen LogP contribution in [0, 0.1) is 16.0 Å². The van der Waals surface area contributed by atoms with Crippen LogP contribution in [0.2, 0.25) is 0 Å². The number of para-hydroxylation sites is 1. The van der Waals surface area contributed by atoms with Crippen LogP contribution < -0.4 is 5.32 Å². The van der Waals surface area contributed by atoms with Crippen molar-refractivity contribution in [1.82, 2.24) is 5.32 Å². The molecule has 0 fully saturated rings. The minimum absolute atomic E-state index is 0.0831. The Morgan fingerprint density at radius 3 is 2.61 bits per heavy atom. The number of amides is 1. The van der Waals surface area contributed by atoms with Crippen molar-refractivity contribution in [3.05, 3.63) is 39.9 Å². The van der Waals surface area contributed by atoms with E-state index in [2.05, 4.69) is 5.32 Å². The van der Waals surface area contributed by atoms with Crippen molar-refractivity contribution in [1.29, 1.82) is 0 Å². The maximum absolute atomic E-state index is 11.7. The molecule has 1 atom stereocenters. The quantitative estimate of drug-likeness (QED) is 0.601. The molecule has 1 amide bonds. The molecular weight excluding hydrogens is 240 g/mol. The van der Waals surface area contributed by atoms with Gasteiger partial charge in [-0.15, -0.1) is 0 Å². The van der Waals surface area contributed by atoms with Crippen LogP contribution in [0.15, 0.2) is 24.3 Å². The summed E-state index contributed by atoms with van der Waals surface area (Å²) in [6, 6.07) is 5.49. The van der Waals surface area contributed by atoms with E-state index < -0.39 is 22.7 Å². The van der Waals surface area contributed by atoms with E-state index in [1.54, 1.807) is 0 Å². The van der Waals surface area contributed by atoms with E-state index in [4.69, 9.17) is 5.11 Å². The van der Waals surface area contributed by atoms with Crippen molar-refractivity contribution in [2.75, 3.05) is 6.54 Å². The SMILES string of the molecule is CC(CNC(=O)c1ccccc1[N+](=O)[O-])C(=O)O. The van der Waals surface area contributed by atoms with Crippen molar-refractivity contribution < 1.29 is 19.6 Å². The highest BCUT2D eigenvalue weighted by Gasteiger charge is 2.20. The summed E-state index contributed by atoms with van der Waals surface area (Å²) in [5, 5.41) is 21.7. The van der Waals surface area contributed by atoms with E-state index in [1.807, 2.05) is 0 Å². The first-order valence-electron chi connectivity index (χ1n) is 5.18. The van der Waals surface area contributed by atoms with Gasteiger partial charge >= 0.3 is 5.97 Å². The molecule has 0 spiro atoms. The van der Waals surface area contributed by atoms with E-state index in [-0.39, 0.29) is 17.8 Å². The lowest BCUT2D eigenvalue weighted by atomic mass is 10.1. The van der Waals surface area contributed by atoms with Gasteiger partial charge in [0.2, 0.25) is 0 Å². The maximum atomic E-state index is 11.7. The van der Waals surface area contributed by atoms with E-state index in [9.17, 15) is 19.7 Å². The molecule has 1 unspecified atom stereocenters. The summed E-state index contributed by atoms with van der Waals surface area (Å²) in [5.41, 5.74) is -0.391. The summed E-state index contributed by atoms with van der Waals surface area (Å²) < 4.78 is 0. The van der Waals surface area contributed by atoms with Gasteiger partial charge in [-0.1, -0.05) is 19.1 Å². The largest absolute Gasteiger partial charge is 0.481 e. The number of carboxylic acids is 1. The molecule has 0 aromatic heterocycles. The Labute approximate surface area is 103 Å². The van der Waals surface area contributed by atoms with Gasteiger partial charge in [0.25, 0.3) is 11.6 Å². The second-order valence-electron chi connectivity index (χ2n) is 3.72. The molecule has 0 aliphatic heterocycles. The lowest BCUT2D eigenvalue weighted by molar-refractivity contribution is -0.385. The predicted molar refractivity (Wildman–Crippen MR) is 62.2 cm³/mol. The van der Waals surface area contributed by atoms with Crippen molar-refractivity contribution in [2.24, 2.45) is 5.92 Å². The number of hydrogen-bond acceptors (Lipinski definition) is 4. The number of rotatable bonds is 5. The van der Waals surface area contributed by atoms with E-state index in [0.29, 0.717) is 0 Å². The first-order valence-corrected chi connectivity index (χ1v) is 5.18. The van der Waals surface area contributed by atoms with Crippen LogP contribution in [-0.4, -0.2) is 28.5 Å². The number of nitrogens with zero attached hydrogens (tertiary/aromatic N) is 1.